The molecule has 0 saturated carbocycles. The van der Waals surface area contributed by atoms with E-state index in [-0.39, 0.29) is 10.5 Å². The molecule has 0 aliphatic rings. The quantitative estimate of drug-likeness (QED) is 0.762. The molecule has 0 aromatic heterocycles. The first-order valence-electron chi connectivity index (χ1n) is 5.72. The molecular weight excluding hydrogens is 268 g/mol. The number of methoxy groups -OCH3 is 1. The number of ether oxygens (including phenoxy) is 1. The minimum absolute atomic E-state index is 0.0778. The van der Waals surface area contributed by atoms with Crippen LogP contribution in [0.15, 0.2) is 29.2 Å². The number of hydrogen-bond donors (Lipinski definition) is 1. The van der Waals surface area contributed by atoms with Crippen molar-refractivity contribution in [1.29, 1.82) is 0 Å². The molecule has 0 amide bonds. The van der Waals surface area contributed by atoms with Crippen LogP contribution in [0.5, 0.6) is 0 Å². The Morgan fingerprint density at radius 2 is 2.11 bits per heavy atom. The smallest absolute Gasteiger partial charge is 0.337 e. The van der Waals surface area contributed by atoms with Gasteiger partial charge in [0.25, 0.3) is 0 Å². The molecule has 1 aromatic rings. The lowest BCUT2D eigenvalue weighted by Gasteiger charge is -2.17. The van der Waals surface area contributed by atoms with Gasteiger partial charge in [0.05, 0.1) is 17.6 Å². The third-order valence-corrected chi connectivity index (χ3v) is 4.49. The molecule has 0 fully saturated rings. The van der Waals surface area contributed by atoms with E-state index in [0.717, 1.165) is 0 Å². The number of hydrogen-bond acceptors (Lipinski definition) is 5. The van der Waals surface area contributed by atoms with Gasteiger partial charge in [-0.25, -0.2) is 13.2 Å². The second-order valence-electron chi connectivity index (χ2n) is 3.95. The van der Waals surface area contributed by atoms with Gasteiger partial charge in [0.2, 0.25) is 10.0 Å². The van der Waals surface area contributed by atoms with Gasteiger partial charge in [0, 0.05) is 20.1 Å². The largest absolute Gasteiger partial charge is 0.465 e. The minimum atomic E-state index is -3.59. The summed E-state index contributed by atoms with van der Waals surface area (Å²) in [5.74, 6) is -0.560. The number of likely N-dealkylation sites (N-methyl/N-ethyl adjacent to an activating group) is 2. The van der Waals surface area contributed by atoms with Crippen LogP contribution in [0.25, 0.3) is 0 Å². The Bertz CT molecular complexity index is 542. The predicted molar refractivity (Wildman–Crippen MR) is 71.5 cm³/mol. The lowest BCUT2D eigenvalue weighted by molar-refractivity contribution is 0.0600. The first kappa shape index (κ1) is 15.6. The van der Waals surface area contributed by atoms with E-state index in [1.807, 2.05) is 0 Å². The van der Waals surface area contributed by atoms with Gasteiger partial charge in [-0.05, 0) is 25.2 Å². The van der Waals surface area contributed by atoms with Crippen LogP contribution >= 0.6 is 0 Å². The van der Waals surface area contributed by atoms with Crippen LogP contribution in [0.2, 0.25) is 0 Å². The van der Waals surface area contributed by atoms with Gasteiger partial charge >= 0.3 is 5.97 Å². The summed E-state index contributed by atoms with van der Waals surface area (Å²) < 4.78 is 30.3. The van der Waals surface area contributed by atoms with Crippen molar-refractivity contribution in [2.75, 3.05) is 34.3 Å². The summed E-state index contributed by atoms with van der Waals surface area (Å²) in [6, 6.07) is 5.80. The second kappa shape index (κ2) is 6.65. The van der Waals surface area contributed by atoms with Crippen molar-refractivity contribution in [3.63, 3.8) is 0 Å². The second-order valence-corrected chi connectivity index (χ2v) is 5.99. The topological polar surface area (TPSA) is 75.7 Å². The number of benzene rings is 1. The third kappa shape index (κ3) is 3.76. The number of sulfonamides is 1. The van der Waals surface area contributed by atoms with Gasteiger partial charge in [-0.3, -0.25) is 0 Å². The Morgan fingerprint density at radius 3 is 2.68 bits per heavy atom. The van der Waals surface area contributed by atoms with Crippen molar-refractivity contribution >= 4 is 16.0 Å². The molecule has 19 heavy (non-hydrogen) atoms. The molecule has 7 heteroatoms. The highest BCUT2D eigenvalue weighted by molar-refractivity contribution is 7.89. The van der Waals surface area contributed by atoms with Crippen molar-refractivity contribution in [3.8, 4) is 0 Å². The fourth-order valence-electron chi connectivity index (χ4n) is 1.47. The van der Waals surface area contributed by atoms with E-state index in [1.54, 1.807) is 7.05 Å². The SMILES string of the molecule is CNCCN(C)S(=O)(=O)c1cccc(C(=O)OC)c1. The molecule has 0 radical (unpaired) electrons. The average molecular weight is 286 g/mol. The highest BCUT2D eigenvalue weighted by Gasteiger charge is 2.21. The maximum absolute atomic E-state index is 12.2. The lowest BCUT2D eigenvalue weighted by atomic mass is 10.2. The van der Waals surface area contributed by atoms with Crippen molar-refractivity contribution in [2.45, 2.75) is 4.90 Å². The molecule has 0 bridgehead atoms. The predicted octanol–water partition coefficient (Wildman–Crippen LogP) is 0.313. The molecule has 0 atom stereocenters. The van der Waals surface area contributed by atoms with Crippen LogP contribution in [-0.4, -0.2) is 53.0 Å². The molecule has 6 nitrogen and oxygen atoms in total. The van der Waals surface area contributed by atoms with Crippen LogP contribution < -0.4 is 5.32 Å². The normalized spacial score (nSPS) is 11.6. The Morgan fingerprint density at radius 1 is 1.42 bits per heavy atom. The summed E-state index contributed by atoms with van der Waals surface area (Å²) in [5.41, 5.74) is 0.214. The molecule has 1 aromatic carbocycles. The molecule has 0 unspecified atom stereocenters. The third-order valence-electron chi connectivity index (χ3n) is 2.64. The summed E-state index contributed by atoms with van der Waals surface area (Å²) in [5, 5.41) is 2.88. The van der Waals surface area contributed by atoms with Crippen LogP contribution in [0.1, 0.15) is 10.4 Å². The summed E-state index contributed by atoms with van der Waals surface area (Å²) in [6.45, 7) is 0.897. The number of carbonyl (C=O) groups excluding carboxylic acids is 1. The Balaban J connectivity index is 3.04. The number of nitrogens with one attached hydrogen (secondary N) is 1. The molecule has 0 saturated heterocycles. The summed E-state index contributed by atoms with van der Waals surface area (Å²) >= 11 is 0. The molecule has 0 heterocycles. The number of rotatable bonds is 6. The van der Waals surface area contributed by atoms with Crippen LogP contribution in [0.4, 0.5) is 0 Å². The number of carbonyl (C=O) groups is 1. The molecule has 0 aliphatic carbocycles. The monoisotopic (exact) mass is 286 g/mol. The molecular formula is C12H18N2O4S. The minimum Gasteiger partial charge on any atom is -0.465 e. The van der Waals surface area contributed by atoms with Crippen molar-refractivity contribution in [3.05, 3.63) is 29.8 Å². The van der Waals surface area contributed by atoms with Crippen LogP contribution in [0.3, 0.4) is 0 Å². The average Bonchev–Trinajstić information content (AvgIpc) is 2.43. The Labute approximate surface area is 113 Å². The molecule has 0 spiro atoms. The first-order chi connectivity index (χ1) is 8.93. The van der Waals surface area contributed by atoms with Gasteiger partial charge in [-0.2, -0.15) is 4.31 Å². The van der Waals surface area contributed by atoms with Crippen molar-refractivity contribution in [2.24, 2.45) is 0 Å². The molecule has 0 aliphatic heterocycles. The van der Waals surface area contributed by atoms with E-state index < -0.39 is 16.0 Å². The van der Waals surface area contributed by atoms with E-state index in [9.17, 15) is 13.2 Å². The number of esters is 1. The Hall–Kier alpha value is -1.44. The molecule has 1 rings (SSSR count). The van der Waals surface area contributed by atoms with E-state index in [0.29, 0.717) is 13.1 Å². The van der Waals surface area contributed by atoms with Gasteiger partial charge in [-0.1, -0.05) is 6.07 Å². The fraction of sp³-hybridized carbons (Fsp3) is 0.417. The summed E-state index contributed by atoms with van der Waals surface area (Å²) in [6.07, 6.45) is 0. The van der Waals surface area contributed by atoms with Gasteiger partial charge in [0.15, 0.2) is 0 Å². The van der Waals surface area contributed by atoms with E-state index >= 15 is 0 Å². The lowest BCUT2D eigenvalue weighted by Crippen LogP contribution is -2.32. The highest BCUT2D eigenvalue weighted by atomic mass is 32.2. The summed E-state index contributed by atoms with van der Waals surface area (Å²) in [7, 11) is 0.908. The maximum atomic E-state index is 12.2. The van der Waals surface area contributed by atoms with Crippen molar-refractivity contribution < 1.29 is 17.9 Å². The highest BCUT2D eigenvalue weighted by Crippen LogP contribution is 2.16. The zero-order chi connectivity index (χ0) is 14.5. The zero-order valence-corrected chi connectivity index (χ0v) is 12.0. The standard InChI is InChI=1S/C12H18N2O4S/c1-13-7-8-14(2)19(16,17)11-6-4-5-10(9-11)12(15)18-3/h4-6,9,13H,7-8H2,1-3H3. The van der Waals surface area contributed by atoms with Crippen LogP contribution in [-0.2, 0) is 14.8 Å². The van der Waals surface area contributed by atoms with E-state index in [2.05, 4.69) is 10.1 Å². The zero-order valence-electron chi connectivity index (χ0n) is 11.2. The maximum Gasteiger partial charge on any atom is 0.337 e. The fourth-order valence-corrected chi connectivity index (χ4v) is 2.69. The van der Waals surface area contributed by atoms with Gasteiger partial charge in [-0.15, -0.1) is 0 Å². The Kier molecular flexibility index (Phi) is 5.46. The van der Waals surface area contributed by atoms with Gasteiger partial charge in [0.1, 0.15) is 0 Å². The van der Waals surface area contributed by atoms with E-state index in [4.69, 9.17) is 0 Å². The van der Waals surface area contributed by atoms with Gasteiger partial charge < -0.3 is 10.1 Å². The molecule has 1 N–H and O–H groups in total. The van der Waals surface area contributed by atoms with Crippen LogP contribution in [0, 0.1) is 0 Å². The van der Waals surface area contributed by atoms with E-state index in [1.165, 1.54) is 42.7 Å². The first-order valence-corrected chi connectivity index (χ1v) is 7.16. The summed E-state index contributed by atoms with van der Waals surface area (Å²) in [4.78, 5) is 11.5. The van der Waals surface area contributed by atoms with Crippen molar-refractivity contribution in [1.82, 2.24) is 9.62 Å². The molecule has 106 valence electrons. The number of nitrogens with zero attached hydrogens (tertiary/aromatic N) is 1.